The average Bonchev–Trinajstić information content (AvgIpc) is 2.83. The van der Waals surface area contributed by atoms with Gasteiger partial charge in [-0.25, -0.2) is 4.98 Å². The maximum absolute atomic E-state index is 5.31. The van der Waals surface area contributed by atoms with Crippen LogP contribution in [0.5, 0.6) is 5.75 Å². The Hall–Kier alpha value is -1.39. The van der Waals surface area contributed by atoms with Gasteiger partial charge in [-0.15, -0.1) is 11.3 Å². The molecule has 0 spiro atoms. The van der Waals surface area contributed by atoms with E-state index in [-0.39, 0.29) is 0 Å². The van der Waals surface area contributed by atoms with Crippen molar-refractivity contribution in [3.05, 3.63) is 34.3 Å². The Morgan fingerprint density at radius 1 is 1.35 bits per heavy atom. The highest BCUT2D eigenvalue weighted by molar-refractivity contribution is 7.15. The Labute approximate surface area is 125 Å². The quantitative estimate of drug-likeness (QED) is 0.878. The zero-order valence-electron chi connectivity index (χ0n) is 12.6. The fourth-order valence-electron chi connectivity index (χ4n) is 2.25. The summed E-state index contributed by atoms with van der Waals surface area (Å²) in [6.45, 7) is 5.15. The second-order valence-electron chi connectivity index (χ2n) is 4.85. The maximum Gasteiger partial charge on any atom is 0.123 e. The lowest BCUT2D eigenvalue weighted by molar-refractivity contribution is 0.412. The highest BCUT2D eigenvalue weighted by Gasteiger charge is 2.12. The van der Waals surface area contributed by atoms with Gasteiger partial charge in [0.2, 0.25) is 0 Å². The second-order valence-corrected chi connectivity index (χ2v) is 5.94. The molecule has 2 aromatic rings. The van der Waals surface area contributed by atoms with Gasteiger partial charge in [0.25, 0.3) is 0 Å². The number of thiazole rings is 1. The molecule has 1 heterocycles. The lowest BCUT2D eigenvalue weighted by Crippen LogP contribution is -2.05. The first-order valence-corrected chi connectivity index (χ1v) is 7.79. The summed E-state index contributed by atoms with van der Waals surface area (Å²) in [6.07, 6.45) is 2.17. The van der Waals surface area contributed by atoms with Crippen molar-refractivity contribution >= 4 is 11.3 Å². The van der Waals surface area contributed by atoms with Crippen molar-refractivity contribution in [2.24, 2.45) is 0 Å². The van der Waals surface area contributed by atoms with E-state index in [4.69, 9.17) is 9.72 Å². The van der Waals surface area contributed by atoms with Gasteiger partial charge < -0.3 is 10.1 Å². The lowest BCUT2D eigenvalue weighted by atomic mass is 10.1. The Balaban J connectivity index is 2.36. The molecule has 108 valence electrons. The summed E-state index contributed by atoms with van der Waals surface area (Å²) in [4.78, 5) is 6.17. The molecule has 1 aromatic heterocycles. The first kappa shape index (κ1) is 15.0. The molecule has 20 heavy (non-hydrogen) atoms. The van der Waals surface area contributed by atoms with Gasteiger partial charge in [-0.1, -0.05) is 13.3 Å². The minimum absolute atomic E-state index is 0.891. The van der Waals surface area contributed by atoms with Crippen molar-refractivity contribution in [2.75, 3.05) is 14.2 Å². The Bertz CT molecular complexity index is 554. The van der Waals surface area contributed by atoms with Crippen molar-refractivity contribution in [1.82, 2.24) is 10.3 Å². The van der Waals surface area contributed by atoms with Gasteiger partial charge >= 0.3 is 0 Å². The SMILES string of the molecule is CCCc1nc(-c2ccc(OC)c(C)c2)sc1CNC. The molecule has 1 N–H and O–H groups in total. The number of ether oxygens (including phenoxy) is 1. The van der Waals surface area contributed by atoms with E-state index in [1.807, 2.05) is 13.1 Å². The number of nitrogens with zero attached hydrogens (tertiary/aromatic N) is 1. The van der Waals surface area contributed by atoms with Crippen molar-refractivity contribution in [2.45, 2.75) is 33.2 Å². The van der Waals surface area contributed by atoms with Gasteiger partial charge in [0.05, 0.1) is 12.8 Å². The third kappa shape index (κ3) is 3.19. The van der Waals surface area contributed by atoms with Crippen LogP contribution in [0.1, 0.15) is 29.5 Å². The van der Waals surface area contributed by atoms with E-state index in [9.17, 15) is 0 Å². The standard InChI is InChI=1S/C16H22N2OS/c1-5-6-13-15(10-17-3)20-16(18-13)12-7-8-14(19-4)11(2)9-12/h7-9,17H,5-6,10H2,1-4H3. The Morgan fingerprint density at radius 2 is 2.15 bits per heavy atom. The third-order valence-corrected chi connectivity index (χ3v) is 4.39. The summed E-state index contributed by atoms with van der Waals surface area (Å²) in [5.41, 5.74) is 3.55. The average molecular weight is 290 g/mol. The summed E-state index contributed by atoms with van der Waals surface area (Å²) in [5, 5.41) is 4.33. The molecule has 3 nitrogen and oxygen atoms in total. The number of methoxy groups -OCH3 is 1. The molecule has 4 heteroatoms. The summed E-state index contributed by atoms with van der Waals surface area (Å²) in [5.74, 6) is 0.925. The molecule has 0 saturated carbocycles. The number of hydrogen-bond donors (Lipinski definition) is 1. The van der Waals surface area contributed by atoms with E-state index in [1.54, 1.807) is 18.4 Å². The molecule has 0 bridgehead atoms. The van der Waals surface area contributed by atoms with E-state index < -0.39 is 0 Å². The van der Waals surface area contributed by atoms with Gasteiger partial charge in [0.1, 0.15) is 10.8 Å². The number of aromatic nitrogens is 1. The largest absolute Gasteiger partial charge is 0.496 e. The van der Waals surface area contributed by atoms with Crippen LogP contribution in [0.4, 0.5) is 0 Å². The summed E-state index contributed by atoms with van der Waals surface area (Å²) < 4.78 is 5.31. The van der Waals surface area contributed by atoms with Crippen molar-refractivity contribution < 1.29 is 4.74 Å². The topological polar surface area (TPSA) is 34.1 Å². The number of benzene rings is 1. The number of hydrogen-bond acceptors (Lipinski definition) is 4. The molecule has 0 aliphatic carbocycles. The van der Waals surface area contributed by atoms with Crippen molar-refractivity contribution in [3.8, 4) is 16.3 Å². The summed E-state index contributed by atoms with van der Waals surface area (Å²) >= 11 is 1.78. The van der Waals surface area contributed by atoms with Crippen LogP contribution in [0.15, 0.2) is 18.2 Å². The Morgan fingerprint density at radius 3 is 2.75 bits per heavy atom. The molecular formula is C16H22N2OS. The number of aryl methyl sites for hydroxylation is 2. The summed E-state index contributed by atoms with van der Waals surface area (Å²) in [6, 6.07) is 6.25. The molecule has 0 fully saturated rings. The van der Waals surface area contributed by atoms with Gasteiger partial charge in [0, 0.05) is 17.0 Å². The van der Waals surface area contributed by atoms with E-state index >= 15 is 0 Å². The molecule has 0 amide bonds. The lowest BCUT2D eigenvalue weighted by Gasteiger charge is -2.05. The number of nitrogens with one attached hydrogen (secondary N) is 1. The van der Waals surface area contributed by atoms with Gasteiger partial charge in [0.15, 0.2) is 0 Å². The van der Waals surface area contributed by atoms with E-state index in [1.165, 1.54) is 16.1 Å². The first-order valence-electron chi connectivity index (χ1n) is 6.97. The normalized spacial score (nSPS) is 10.8. The zero-order valence-corrected chi connectivity index (χ0v) is 13.4. The van der Waals surface area contributed by atoms with Gasteiger partial charge in [-0.2, -0.15) is 0 Å². The van der Waals surface area contributed by atoms with Gasteiger partial charge in [-0.3, -0.25) is 0 Å². The van der Waals surface area contributed by atoms with E-state index in [0.717, 1.165) is 35.7 Å². The maximum atomic E-state index is 5.31. The molecule has 0 unspecified atom stereocenters. The minimum atomic E-state index is 0.891. The van der Waals surface area contributed by atoms with E-state index in [2.05, 4.69) is 31.3 Å². The van der Waals surface area contributed by atoms with Gasteiger partial charge in [-0.05, 0) is 44.2 Å². The fraction of sp³-hybridized carbons (Fsp3) is 0.438. The zero-order chi connectivity index (χ0) is 14.5. The van der Waals surface area contributed by atoms with Crippen LogP contribution < -0.4 is 10.1 Å². The van der Waals surface area contributed by atoms with Crippen LogP contribution in [0.2, 0.25) is 0 Å². The third-order valence-electron chi connectivity index (χ3n) is 3.24. The number of rotatable bonds is 6. The van der Waals surface area contributed by atoms with Crippen molar-refractivity contribution in [1.29, 1.82) is 0 Å². The van der Waals surface area contributed by atoms with Crippen LogP contribution in [-0.4, -0.2) is 19.1 Å². The van der Waals surface area contributed by atoms with Crippen LogP contribution in [0.25, 0.3) is 10.6 Å². The van der Waals surface area contributed by atoms with Crippen LogP contribution in [-0.2, 0) is 13.0 Å². The molecule has 2 rings (SSSR count). The molecule has 0 aliphatic rings. The smallest absolute Gasteiger partial charge is 0.123 e. The molecular weight excluding hydrogens is 268 g/mol. The van der Waals surface area contributed by atoms with Crippen molar-refractivity contribution in [3.63, 3.8) is 0 Å². The van der Waals surface area contributed by atoms with Crippen LogP contribution in [0.3, 0.4) is 0 Å². The predicted molar refractivity (Wildman–Crippen MR) is 85.6 cm³/mol. The Kier molecular flexibility index (Phi) is 5.15. The fourth-order valence-corrected chi connectivity index (χ4v) is 3.37. The monoisotopic (exact) mass is 290 g/mol. The molecule has 0 radical (unpaired) electrons. The molecule has 1 aromatic carbocycles. The predicted octanol–water partition coefficient (Wildman–Crippen LogP) is 3.80. The molecule has 0 saturated heterocycles. The summed E-state index contributed by atoms with van der Waals surface area (Å²) in [7, 11) is 3.68. The minimum Gasteiger partial charge on any atom is -0.496 e. The first-order chi connectivity index (χ1) is 9.69. The highest BCUT2D eigenvalue weighted by Crippen LogP contribution is 2.31. The molecule has 0 atom stereocenters. The highest BCUT2D eigenvalue weighted by atomic mass is 32.1. The second kappa shape index (κ2) is 6.86. The van der Waals surface area contributed by atoms with Crippen LogP contribution in [0, 0.1) is 6.92 Å². The molecule has 0 aliphatic heterocycles. The van der Waals surface area contributed by atoms with E-state index in [0.29, 0.717) is 0 Å². The van der Waals surface area contributed by atoms with Crippen LogP contribution >= 0.6 is 11.3 Å².